The van der Waals surface area contributed by atoms with Gasteiger partial charge in [0.05, 0.1) is 6.07 Å². The third-order valence-corrected chi connectivity index (χ3v) is 3.05. The molecule has 0 bridgehead atoms. The van der Waals surface area contributed by atoms with Crippen LogP contribution in [0.3, 0.4) is 0 Å². The number of nitriles is 1. The van der Waals surface area contributed by atoms with Crippen LogP contribution in [0.15, 0.2) is 18.2 Å². The smallest absolute Gasteiger partial charge is 0.120 e. The standard InChI is InChI=1S/C13H17N3O/c14-6-1-7-16(12-3-4-12)9-10-8-11(15)2-5-13(10)17/h2,5,8,12,17H,1,3-4,7,9,15H2. The third-order valence-electron chi connectivity index (χ3n) is 3.05. The fraction of sp³-hybridized carbons (Fsp3) is 0.462. The molecule has 0 heterocycles. The first kappa shape index (κ1) is 11.7. The predicted octanol–water partition coefficient (Wildman–Crippen LogP) is 1.85. The van der Waals surface area contributed by atoms with E-state index in [1.54, 1.807) is 18.2 Å². The summed E-state index contributed by atoms with van der Waals surface area (Å²) in [5.74, 6) is 0.279. The highest BCUT2D eigenvalue weighted by atomic mass is 16.3. The number of nitrogen functional groups attached to an aromatic ring is 1. The lowest BCUT2D eigenvalue weighted by Crippen LogP contribution is -2.26. The van der Waals surface area contributed by atoms with E-state index in [2.05, 4.69) is 11.0 Å². The Balaban J connectivity index is 2.06. The zero-order valence-electron chi connectivity index (χ0n) is 9.76. The van der Waals surface area contributed by atoms with Crippen molar-refractivity contribution >= 4 is 5.69 Å². The zero-order valence-corrected chi connectivity index (χ0v) is 9.76. The molecule has 4 nitrogen and oxygen atoms in total. The lowest BCUT2D eigenvalue weighted by atomic mass is 10.1. The Labute approximate surface area is 101 Å². The number of phenolic OH excluding ortho intramolecular Hbond substituents is 1. The summed E-state index contributed by atoms with van der Waals surface area (Å²) in [6.07, 6.45) is 2.91. The van der Waals surface area contributed by atoms with Gasteiger partial charge in [0.1, 0.15) is 5.75 Å². The van der Waals surface area contributed by atoms with E-state index < -0.39 is 0 Å². The Morgan fingerprint density at radius 1 is 1.47 bits per heavy atom. The summed E-state index contributed by atoms with van der Waals surface area (Å²) in [7, 11) is 0. The van der Waals surface area contributed by atoms with Crippen molar-refractivity contribution in [1.82, 2.24) is 4.90 Å². The van der Waals surface area contributed by atoms with Crippen LogP contribution in [0.4, 0.5) is 5.69 Å². The Hall–Kier alpha value is -1.73. The number of hydrogen-bond donors (Lipinski definition) is 2. The number of nitrogens with two attached hydrogens (primary N) is 1. The molecule has 1 fully saturated rings. The van der Waals surface area contributed by atoms with Crippen LogP contribution in [0.5, 0.6) is 5.75 Å². The van der Waals surface area contributed by atoms with E-state index in [0.29, 0.717) is 24.7 Å². The van der Waals surface area contributed by atoms with Crippen LogP contribution in [0.25, 0.3) is 0 Å². The molecule has 0 radical (unpaired) electrons. The van der Waals surface area contributed by atoms with Crippen molar-refractivity contribution in [3.63, 3.8) is 0 Å². The third kappa shape index (κ3) is 3.11. The van der Waals surface area contributed by atoms with Gasteiger partial charge < -0.3 is 10.8 Å². The molecule has 0 aromatic heterocycles. The van der Waals surface area contributed by atoms with E-state index in [1.165, 1.54) is 12.8 Å². The first-order valence-electron chi connectivity index (χ1n) is 5.89. The maximum absolute atomic E-state index is 9.76. The Morgan fingerprint density at radius 3 is 2.88 bits per heavy atom. The number of benzene rings is 1. The number of anilines is 1. The number of phenols is 1. The van der Waals surface area contributed by atoms with Gasteiger partial charge in [-0.1, -0.05) is 0 Å². The molecule has 3 N–H and O–H groups in total. The number of aromatic hydroxyl groups is 1. The first-order chi connectivity index (χ1) is 8.20. The highest BCUT2D eigenvalue weighted by molar-refractivity contribution is 5.47. The topological polar surface area (TPSA) is 73.3 Å². The summed E-state index contributed by atoms with van der Waals surface area (Å²) in [5, 5.41) is 18.4. The van der Waals surface area contributed by atoms with Gasteiger partial charge in [0.25, 0.3) is 0 Å². The lowest BCUT2D eigenvalue weighted by molar-refractivity contribution is 0.257. The molecule has 1 saturated carbocycles. The van der Waals surface area contributed by atoms with Crippen molar-refractivity contribution in [3.8, 4) is 11.8 Å². The molecule has 0 unspecified atom stereocenters. The molecule has 0 atom stereocenters. The number of hydrogen-bond acceptors (Lipinski definition) is 4. The van der Waals surface area contributed by atoms with Crippen LogP contribution in [0, 0.1) is 11.3 Å². The SMILES string of the molecule is N#CCCN(Cc1cc(N)ccc1O)C1CC1. The van der Waals surface area contributed by atoms with Gasteiger partial charge >= 0.3 is 0 Å². The van der Waals surface area contributed by atoms with Gasteiger partial charge in [-0.2, -0.15) is 5.26 Å². The molecule has 1 aliphatic carbocycles. The molecule has 0 amide bonds. The average molecular weight is 231 g/mol. The summed E-state index contributed by atoms with van der Waals surface area (Å²) in [6.45, 7) is 1.43. The largest absolute Gasteiger partial charge is 0.508 e. The Kier molecular flexibility index (Phi) is 3.50. The highest BCUT2D eigenvalue weighted by Gasteiger charge is 2.28. The monoisotopic (exact) mass is 231 g/mol. The van der Waals surface area contributed by atoms with E-state index in [9.17, 15) is 5.11 Å². The molecule has 90 valence electrons. The van der Waals surface area contributed by atoms with Crippen molar-refractivity contribution in [1.29, 1.82) is 5.26 Å². The highest BCUT2D eigenvalue weighted by Crippen LogP contribution is 2.30. The molecule has 4 heteroatoms. The van der Waals surface area contributed by atoms with Gasteiger partial charge in [0.2, 0.25) is 0 Å². The van der Waals surface area contributed by atoms with Crippen molar-refractivity contribution in [3.05, 3.63) is 23.8 Å². The number of nitrogens with zero attached hydrogens (tertiary/aromatic N) is 2. The van der Waals surface area contributed by atoms with E-state index in [4.69, 9.17) is 11.0 Å². The molecule has 1 aromatic rings. The first-order valence-corrected chi connectivity index (χ1v) is 5.89. The molecule has 0 aliphatic heterocycles. The molecular weight excluding hydrogens is 214 g/mol. The predicted molar refractivity (Wildman–Crippen MR) is 66.2 cm³/mol. The van der Waals surface area contributed by atoms with Crippen LogP contribution in [0.2, 0.25) is 0 Å². The van der Waals surface area contributed by atoms with E-state index >= 15 is 0 Å². The minimum atomic E-state index is 0.279. The summed E-state index contributed by atoms with van der Waals surface area (Å²) in [4.78, 5) is 2.25. The van der Waals surface area contributed by atoms with Crippen molar-refractivity contribution in [2.75, 3.05) is 12.3 Å². The van der Waals surface area contributed by atoms with Crippen LogP contribution >= 0.6 is 0 Å². The second-order valence-electron chi connectivity index (χ2n) is 4.50. The molecule has 1 aromatic carbocycles. The lowest BCUT2D eigenvalue weighted by Gasteiger charge is -2.21. The van der Waals surface area contributed by atoms with Gasteiger partial charge in [-0.3, -0.25) is 4.90 Å². The fourth-order valence-electron chi connectivity index (χ4n) is 1.97. The van der Waals surface area contributed by atoms with Crippen LogP contribution in [-0.2, 0) is 6.54 Å². The Bertz CT molecular complexity index is 435. The minimum Gasteiger partial charge on any atom is -0.508 e. The molecular formula is C13H17N3O. The second kappa shape index (κ2) is 5.07. The van der Waals surface area contributed by atoms with E-state index in [1.807, 2.05) is 0 Å². The summed E-state index contributed by atoms with van der Waals surface area (Å²) in [6, 6.07) is 7.85. The number of rotatable bonds is 5. The van der Waals surface area contributed by atoms with Gasteiger partial charge in [-0.05, 0) is 31.0 Å². The van der Waals surface area contributed by atoms with Gasteiger partial charge in [0, 0.05) is 36.8 Å². The van der Waals surface area contributed by atoms with Crippen molar-refractivity contribution < 1.29 is 5.11 Å². The second-order valence-corrected chi connectivity index (χ2v) is 4.50. The summed E-state index contributed by atoms with van der Waals surface area (Å²) in [5.41, 5.74) is 7.22. The quantitative estimate of drug-likeness (QED) is 0.599. The molecule has 0 saturated heterocycles. The summed E-state index contributed by atoms with van der Waals surface area (Å²) < 4.78 is 0. The minimum absolute atomic E-state index is 0.279. The van der Waals surface area contributed by atoms with Crippen LogP contribution in [0.1, 0.15) is 24.8 Å². The summed E-state index contributed by atoms with van der Waals surface area (Å²) >= 11 is 0. The van der Waals surface area contributed by atoms with Crippen LogP contribution in [-0.4, -0.2) is 22.6 Å². The van der Waals surface area contributed by atoms with E-state index in [-0.39, 0.29) is 5.75 Å². The van der Waals surface area contributed by atoms with Gasteiger partial charge in [-0.15, -0.1) is 0 Å². The zero-order chi connectivity index (χ0) is 12.3. The Morgan fingerprint density at radius 2 is 2.24 bits per heavy atom. The normalized spacial score (nSPS) is 14.8. The van der Waals surface area contributed by atoms with Gasteiger partial charge in [-0.25, -0.2) is 0 Å². The average Bonchev–Trinajstić information content (AvgIpc) is 3.13. The fourth-order valence-corrected chi connectivity index (χ4v) is 1.97. The molecule has 0 spiro atoms. The molecule has 2 rings (SSSR count). The van der Waals surface area contributed by atoms with Crippen molar-refractivity contribution in [2.45, 2.75) is 31.8 Å². The maximum atomic E-state index is 9.76. The van der Waals surface area contributed by atoms with Crippen molar-refractivity contribution in [2.24, 2.45) is 0 Å². The van der Waals surface area contributed by atoms with E-state index in [0.717, 1.165) is 12.1 Å². The molecule has 1 aliphatic rings. The van der Waals surface area contributed by atoms with Gasteiger partial charge in [0.15, 0.2) is 0 Å². The molecule has 17 heavy (non-hydrogen) atoms. The van der Waals surface area contributed by atoms with Crippen LogP contribution < -0.4 is 5.73 Å². The maximum Gasteiger partial charge on any atom is 0.120 e.